The summed E-state index contributed by atoms with van der Waals surface area (Å²) in [7, 11) is 0. The molecule has 0 aliphatic carbocycles. The van der Waals surface area contributed by atoms with E-state index in [-0.39, 0.29) is 17.5 Å². The van der Waals surface area contributed by atoms with Crippen LogP contribution in [0.1, 0.15) is 22.8 Å². The normalized spacial score (nSPS) is 10.4. The molecule has 3 aromatic rings. The minimum absolute atomic E-state index is 0.0317. The maximum absolute atomic E-state index is 12.4. The Hall–Kier alpha value is -3.59. The van der Waals surface area contributed by atoms with Gasteiger partial charge in [-0.1, -0.05) is 12.1 Å². The Bertz CT molecular complexity index is 1060. The van der Waals surface area contributed by atoms with Crippen molar-refractivity contribution in [2.45, 2.75) is 13.8 Å². The number of carbonyl (C=O) groups excluding carboxylic acids is 2. The lowest BCUT2D eigenvalue weighted by Crippen LogP contribution is -2.12. The summed E-state index contributed by atoms with van der Waals surface area (Å²) in [6, 6.07) is 11.4. The van der Waals surface area contributed by atoms with Crippen LogP contribution in [0.4, 0.5) is 16.5 Å². The van der Waals surface area contributed by atoms with E-state index in [9.17, 15) is 19.7 Å². The highest BCUT2D eigenvalue weighted by molar-refractivity contribution is 7.14. The van der Waals surface area contributed by atoms with E-state index in [1.54, 1.807) is 19.1 Å². The van der Waals surface area contributed by atoms with E-state index in [0.717, 1.165) is 5.56 Å². The van der Waals surface area contributed by atoms with Crippen LogP contribution in [0.3, 0.4) is 0 Å². The van der Waals surface area contributed by atoms with Crippen LogP contribution in [0.5, 0.6) is 0 Å². The van der Waals surface area contributed by atoms with E-state index >= 15 is 0 Å². The molecule has 8 nitrogen and oxygen atoms in total. The summed E-state index contributed by atoms with van der Waals surface area (Å²) in [4.78, 5) is 38.2. The van der Waals surface area contributed by atoms with Gasteiger partial charge in [0, 0.05) is 40.7 Å². The molecule has 0 bridgehead atoms. The van der Waals surface area contributed by atoms with E-state index < -0.39 is 4.92 Å². The van der Waals surface area contributed by atoms with Crippen LogP contribution in [0, 0.1) is 17.0 Å². The first kappa shape index (κ1) is 19.2. The van der Waals surface area contributed by atoms with Crippen molar-refractivity contribution in [2.75, 3.05) is 10.6 Å². The van der Waals surface area contributed by atoms with E-state index in [2.05, 4.69) is 15.6 Å². The van der Waals surface area contributed by atoms with Crippen LogP contribution in [0.15, 0.2) is 47.8 Å². The zero-order valence-corrected chi connectivity index (χ0v) is 15.9. The second-order valence-corrected chi connectivity index (χ2v) is 6.87. The lowest BCUT2D eigenvalue weighted by Gasteiger charge is -2.04. The summed E-state index contributed by atoms with van der Waals surface area (Å²) in [6.07, 6.45) is 0. The Balaban J connectivity index is 1.72. The summed E-state index contributed by atoms with van der Waals surface area (Å²) in [5, 5.41) is 18.5. The second kappa shape index (κ2) is 7.97. The van der Waals surface area contributed by atoms with E-state index in [4.69, 9.17) is 0 Å². The number of amides is 2. The molecule has 142 valence electrons. The van der Waals surface area contributed by atoms with Gasteiger partial charge in [-0.05, 0) is 31.2 Å². The van der Waals surface area contributed by atoms with E-state index in [0.29, 0.717) is 27.6 Å². The van der Waals surface area contributed by atoms with Crippen molar-refractivity contribution in [1.82, 2.24) is 4.98 Å². The summed E-state index contributed by atoms with van der Waals surface area (Å²) in [5.41, 5.74) is 2.92. The average molecular weight is 396 g/mol. The molecule has 2 amide bonds. The first-order valence-electron chi connectivity index (χ1n) is 8.23. The van der Waals surface area contributed by atoms with Gasteiger partial charge in [-0.3, -0.25) is 25.0 Å². The minimum atomic E-state index is -0.485. The molecule has 0 saturated carbocycles. The van der Waals surface area contributed by atoms with Gasteiger partial charge in [0.25, 0.3) is 11.6 Å². The van der Waals surface area contributed by atoms with Crippen LogP contribution in [-0.4, -0.2) is 21.7 Å². The number of rotatable bonds is 5. The van der Waals surface area contributed by atoms with Crippen LogP contribution < -0.4 is 10.6 Å². The molecule has 0 aliphatic rings. The molecule has 2 aromatic carbocycles. The number of aromatic nitrogens is 1. The van der Waals surface area contributed by atoms with Crippen LogP contribution in [0.2, 0.25) is 0 Å². The Labute approximate surface area is 164 Å². The van der Waals surface area contributed by atoms with Crippen LogP contribution >= 0.6 is 11.3 Å². The maximum Gasteiger partial charge on any atom is 0.272 e. The molecular formula is C19H16N4O4S. The number of anilines is 2. The van der Waals surface area contributed by atoms with Gasteiger partial charge in [-0.15, -0.1) is 11.3 Å². The first-order valence-corrected chi connectivity index (χ1v) is 9.11. The Morgan fingerprint density at radius 3 is 2.43 bits per heavy atom. The predicted molar refractivity (Wildman–Crippen MR) is 108 cm³/mol. The fourth-order valence-corrected chi connectivity index (χ4v) is 3.28. The summed E-state index contributed by atoms with van der Waals surface area (Å²) in [5.74, 6) is -0.534. The molecule has 0 radical (unpaired) electrons. The third-order valence-electron chi connectivity index (χ3n) is 3.88. The molecule has 1 aromatic heterocycles. The van der Waals surface area contributed by atoms with E-state index in [1.807, 2.05) is 17.5 Å². The van der Waals surface area contributed by atoms with Gasteiger partial charge in [-0.25, -0.2) is 4.98 Å². The molecular weight excluding hydrogens is 380 g/mol. The van der Waals surface area contributed by atoms with Crippen LogP contribution in [-0.2, 0) is 4.79 Å². The standard InChI is InChI=1S/C19H16N4O4S/c1-11-9-14(5-8-17(11)23(26)27)18(25)22-19-21-16(10-28-19)13-3-6-15(7-4-13)20-12(2)24/h3-10H,1-2H3,(H,20,24)(H,21,22,25). The number of aryl methyl sites for hydroxylation is 1. The van der Waals surface area contributed by atoms with Crippen molar-refractivity contribution in [3.05, 3.63) is 69.1 Å². The first-order chi connectivity index (χ1) is 13.3. The molecule has 0 aliphatic heterocycles. The second-order valence-electron chi connectivity index (χ2n) is 6.01. The van der Waals surface area contributed by atoms with Crippen molar-refractivity contribution in [3.63, 3.8) is 0 Å². The van der Waals surface area contributed by atoms with Gasteiger partial charge >= 0.3 is 0 Å². The average Bonchev–Trinajstić information content (AvgIpc) is 3.10. The number of nitro benzene ring substituents is 1. The smallest absolute Gasteiger partial charge is 0.272 e. The summed E-state index contributed by atoms with van der Waals surface area (Å²) < 4.78 is 0. The number of hydrogen-bond acceptors (Lipinski definition) is 6. The molecule has 0 fully saturated rings. The van der Waals surface area contributed by atoms with Crippen LogP contribution in [0.25, 0.3) is 11.3 Å². The number of benzene rings is 2. The van der Waals surface area contributed by atoms with Gasteiger partial charge < -0.3 is 5.32 Å². The molecule has 0 unspecified atom stereocenters. The highest BCUT2D eigenvalue weighted by Crippen LogP contribution is 2.27. The minimum Gasteiger partial charge on any atom is -0.326 e. The van der Waals surface area contributed by atoms with Crippen molar-refractivity contribution in [1.29, 1.82) is 0 Å². The third-order valence-corrected chi connectivity index (χ3v) is 4.64. The SMILES string of the molecule is CC(=O)Nc1ccc(-c2csc(NC(=O)c3ccc([N+](=O)[O-])c(C)c3)n2)cc1. The molecule has 1 heterocycles. The number of nitrogens with one attached hydrogen (secondary N) is 2. The van der Waals surface area contributed by atoms with Gasteiger partial charge in [0.1, 0.15) is 0 Å². The molecule has 28 heavy (non-hydrogen) atoms. The van der Waals surface area contributed by atoms with Gasteiger partial charge in [0.05, 0.1) is 10.6 Å². The van der Waals surface area contributed by atoms with Crippen molar-refractivity contribution >= 4 is 39.7 Å². The lowest BCUT2D eigenvalue weighted by atomic mass is 10.1. The number of thiazole rings is 1. The topological polar surface area (TPSA) is 114 Å². The van der Waals surface area contributed by atoms with E-state index in [1.165, 1.54) is 36.5 Å². The van der Waals surface area contributed by atoms with Gasteiger partial charge in [0.15, 0.2) is 5.13 Å². The predicted octanol–water partition coefficient (Wildman–Crippen LogP) is 4.24. The molecule has 0 saturated heterocycles. The summed E-state index contributed by atoms with van der Waals surface area (Å²) in [6.45, 7) is 3.02. The van der Waals surface area contributed by atoms with Crippen molar-refractivity contribution < 1.29 is 14.5 Å². The quantitative estimate of drug-likeness (QED) is 0.495. The Morgan fingerprint density at radius 2 is 1.82 bits per heavy atom. The maximum atomic E-state index is 12.4. The monoisotopic (exact) mass is 396 g/mol. The molecule has 2 N–H and O–H groups in total. The fraction of sp³-hybridized carbons (Fsp3) is 0.105. The zero-order chi connectivity index (χ0) is 20.3. The molecule has 0 atom stereocenters. The molecule has 9 heteroatoms. The highest BCUT2D eigenvalue weighted by atomic mass is 32.1. The zero-order valence-electron chi connectivity index (χ0n) is 15.1. The van der Waals surface area contributed by atoms with Crippen molar-refractivity contribution in [2.24, 2.45) is 0 Å². The number of nitro groups is 1. The summed E-state index contributed by atoms with van der Waals surface area (Å²) >= 11 is 1.27. The third kappa shape index (κ3) is 4.38. The molecule has 3 rings (SSSR count). The lowest BCUT2D eigenvalue weighted by molar-refractivity contribution is -0.385. The highest BCUT2D eigenvalue weighted by Gasteiger charge is 2.15. The Morgan fingerprint density at radius 1 is 1.11 bits per heavy atom. The van der Waals surface area contributed by atoms with Crippen molar-refractivity contribution in [3.8, 4) is 11.3 Å². The number of hydrogen-bond donors (Lipinski definition) is 2. The van der Waals surface area contributed by atoms with Gasteiger partial charge in [0.2, 0.25) is 5.91 Å². The van der Waals surface area contributed by atoms with Gasteiger partial charge in [-0.2, -0.15) is 0 Å². The number of carbonyl (C=O) groups is 2. The molecule has 0 spiro atoms. The largest absolute Gasteiger partial charge is 0.326 e. The Kier molecular flexibility index (Phi) is 5.46. The fourth-order valence-electron chi connectivity index (χ4n) is 2.56. The number of nitrogens with zero attached hydrogens (tertiary/aromatic N) is 2.